The molecule has 0 aliphatic heterocycles. The molecule has 1 aliphatic rings. The van der Waals surface area contributed by atoms with Crippen LogP contribution in [0.4, 0.5) is 11.4 Å². The molecule has 1 atom stereocenters. The van der Waals surface area contributed by atoms with Gasteiger partial charge in [-0.1, -0.05) is 18.2 Å². The number of hydrogen-bond acceptors (Lipinski definition) is 3. The molecule has 0 aromatic heterocycles. The van der Waals surface area contributed by atoms with Gasteiger partial charge >= 0.3 is 5.97 Å². The zero-order chi connectivity index (χ0) is 14.1. The van der Waals surface area contributed by atoms with Gasteiger partial charge in [0.25, 0.3) is 0 Å². The van der Waals surface area contributed by atoms with Crippen molar-refractivity contribution < 1.29 is 9.90 Å². The fourth-order valence-electron chi connectivity index (χ4n) is 2.77. The summed E-state index contributed by atoms with van der Waals surface area (Å²) in [6.07, 6.45) is 1.92. The third-order valence-corrected chi connectivity index (χ3v) is 3.73. The maximum atomic E-state index is 11.2. The van der Waals surface area contributed by atoms with Gasteiger partial charge in [-0.3, -0.25) is 0 Å². The molecule has 4 N–H and O–H groups in total. The van der Waals surface area contributed by atoms with Crippen molar-refractivity contribution in [1.29, 1.82) is 0 Å². The Labute approximate surface area is 117 Å². The van der Waals surface area contributed by atoms with Crippen molar-refractivity contribution in [2.75, 3.05) is 11.1 Å². The van der Waals surface area contributed by atoms with Gasteiger partial charge in [-0.25, -0.2) is 4.79 Å². The predicted molar refractivity (Wildman–Crippen MR) is 78.9 cm³/mol. The molecule has 1 aliphatic carbocycles. The van der Waals surface area contributed by atoms with Gasteiger partial charge in [0, 0.05) is 11.4 Å². The summed E-state index contributed by atoms with van der Waals surface area (Å²) < 4.78 is 0. The monoisotopic (exact) mass is 268 g/mol. The number of carboxylic acids is 1. The van der Waals surface area contributed by atoms with Crippen LogP contribution >= 0.6 is 0 Å². The number of carboxylic acid groups (broad SMARTS) is 1. The van der Waals surface area contributed by atoms with Crippen molar-refractivity contribution in [3.05, 3.63) is 59.2 Å². The Bertz CT molecular complexity index is 667. The Morgan fingerprint density at radius 1 is 1.25 bits per heavy atom. The number of rotatable bonds is 3. The lowest BCUT2D eigenvalue weighted by molar-refractivity contribution is 0.0698. The number of hydrogen-bond donors (Lipinski definition) is 3. The van der Waals surface area contributed by atoms with Gasteiger partial charge in [0.15, 0.2) is 0 Å². The molecule has 0 saturated carbocycles. The van der Waals surface area contributed by atoms with Crippen LogP contribution in [0.5, 0.6) is 0 Å². The van der Waals surface area contributed by atoms with Crippen LogP contribution in [0.25, 0.3) is 0 Å². The Hall–Kier alpha value is -2.49. The molecule has 0 radical (unpaired) electrons. The maximum absolute atomic E-state index is 11.2. The second kappa shape index (κ2) is 4.89. The van der Waals surface area contributed by atoms with E-state index in [1.54, 1.807) is 18.2 Å². The largest absolute Gasteiger partial charge is 0.478 e. The van der Waals surface area contributed by atoms with Crippen molar-refractivity contribution in [2.24, 2.45) is 0 Å². The molecule has 4 heteroatoms. The Balaban J connectivity index is 1.90. The first kappa shape index (κ1) is 12.5. The third-order valence-electron chi connectivity index (χ3n) is 3.73. The molecule has 0 amide bonds. The van der Waals surface area contributed by atoms with Crippen molar-refractivity contribution >= 4 is 17.3 Å². The SMILES string of the molecule is Nc1ccc2c(c1)CCC2Nc1ccccc1C(=O)O. The second-order valence-corrected chi connectivity index (χ2v) is 5.04. The number of aryl methyl sites for hydroxylation is 1. The highest BCUT2D eigenvalue weighted by atomic mass is 16.4. The number of anilines is 2. The van der Waals surface area contributed by atoms with Crippen molar-refractivity contribution in [2.45, 2.75) is 18.9 Å². The lowest BCUT2D eigenvalue weighted by atomic mass is 10.1. The van der Waals surface area contributed by atoms with Gasteiger partial charge in [0.05, 0.1) is 11.6 Å². The summed E-state index contributed by atoms with van der Waals surface area (Å²) in [5.41, 5.74) is 9.99. The number of nitrogen functional groups attached to an aromatic ring is 1. The normalized spacial score (nSPS) is 16.7. The number of aromatic carboxylic acids is 1. The molecule has 0 spiro atoms. The molecule has 4 nitrogen and oxygen atoms in total. The van der Waals surface area contributed by atoms with Gasteiger partial charge in [0.1, 0.15) is 0 Å². The third kappa shape index (κ3) is 2.20. The van der Waals surface area contributed by atoms with Crippen LogP contribution < -0.4 is 11.1 Å². The minimum atomic E-state index is -0.913. The standard InChI is InChI=1S/C16H16N2O2/c17-11-6-7-12-10(9-11)5-8-15(12)18-14-4-2-1-3-13(14)16(19)20/h1-4,6-7,9,15,18H,5,8,17H2,(H,19,20). The smallest absolute Gasteiger partial charge is 0.337 e. The molecule has 0 bridgehead atoms. The number of carbonyl (C=O) groups is 1. The van der Waals surface area contributed by atoms with Crippen molar-refractivity contribution in [3.8, 4) is 0 Å². The van der Waals surface area contributed by atoms with E-state index in [1.807, 2.05) is 24.3 Å². The summed E-state index contributed by atoms with van der Waals surface area (Å²) in [5.74, 6) is -0.913. The predicted octanol–water partition coefficient (Wildman–Crippen LogP) is 3.07. The van der Waals surface area contributed by atoms with Crippen LogP contribution in [-0.2, 0) is 6.42 Å². The minimum absolute atomic E-state index is 0.145. The van der Waals surface area contributed by atoms with Crippen LogP contribution in [0.2, 0.25) is 0 Å². The Kier molecular flexibility index (Phi) is 3.06. The van der Waals surface area contributed by atoms with Gasteiger partial charge in [-0.15, -0.1) is 0 Å². The first-order valence-electron chi connectivity index (χ1n) is 6.62. The van der Waals surface area contributed by atoms with E-state index in [0.717, 1.165) is 18.5 Å². The first-order valence-corrected chi connectivity index (χ1v) is 6.62. The van der Waals surface area contributed by atoms with E-state index in [1.165, 1.54) is 11.1 Å². The average Bonchev–Trinajstić information content (AvgIpc) is 2.81. The number of nitrogens with two attached hydrogens (primary N) is 1. The lowest BCUT2D eigenvalue weighted by Crippen LogP contribution is -2.11. The maximum Gasteiger partial charge on any atom is 0.337 e. The summed E-state index contributed by atoms with van der Waals surface area (Å²) in [6, 6.07) is 13.1. The summed E-state index contributed by atoms with van der Waals surface area (Å²) in [7, 11) is 0. The first-order chi connectivity index (χ1) is 9.65. The van der Waals surface area contributed by atoms with Crippen LogP contribution in [-0.4, -0.2) is 11.1 Å². The van der Waals surface area contributed by atoms with Crippen molar-refractivity contribution in [3.63, 3.8) is 0 Å². The number of para-hydroxylation sites is 1. The van der Waals surface area contributed by atoms with E-state index in [9.17, 15) is 9.90 Å². The number of benzene rings is 2. The van der Waals surface area contributed by atoms with Crippen molar-refractivity contribution in [1.82, 2.24) is 0 Å². The molecule has 102 valence electrons. The molecule has 2 aromatic rings. The topological polar surface area (TPSA) is 75.3 Å². The highest BCUT2D eigenvalue weighted by Crippen LogP contribution is 2.35. The summed E-state index contributed by atoms with van der Waals surface area (Å²) in [4.78, 5) is 11.2. The summed E-state index contributed by atoms with van der Waals surface area (Å²) in [6.45, 7) is 0. The van der Waals surface area contributed by atoms with Crippen LogP contribution in [0.3, 0.4) is 0 Å². The average molecular weight is 268 g/mol. The van der Waals surface area contributed by atoms with E-state index in [2.05, 4.69) is 5.32 Å². The summed E-state index contributed by atoms with van der Waals surface area (Å²) in [5, 5.41) is 12.6. The molecule has 3 rings (SSSR count). The fraction of sp³-hybridized carbons (Fsp3) is 0.188. The van der Waals surface area contributed by atoms with E-state index >= 15 is 0 Å². The molecule has 1 unspecified atom stereocenters. The van der Waals surface area contributed by atoms with Gasteiger partial charge < -0.3 is 16.2 Å². The quantitative estimate of drug-likeness (QED) is 0.748. The molecule has 0 saturated heterocycles. The zero-order valence-electron chi connectivity index (χ0n) is 11.0. The lowest BCUT2D eigenvalue weighted by Gasteiger charge is -2.17. The fourth-order valence-corrected chi connectivity index (χ4v) is 2.77. The molecular weight excluding hydrogens is 252 g/mol. The highest BCUT2D eigenvalue weighted by Gasteiger charge is 2.23. The number of nitrogens with one attached hydrogen (secondary N) is 1. The van der Waals surface area contributed by atoms with E-state index in [4.69, 9.17) is 5.73 Å². The van der Waals surface area contributed by atoms with E-state index < -0.39 is 5.97 Å². The molecule has 0 fully saturated rings. The molecule has 0 heterocycles. The zero-order valence-corrected chi connectivity index (χ0v) is 11.0. The van der Waals surface area contributed by atoms with Gasteiger partial charge in [0.2, 0.25) is 0 Å². The summed E-state index contributed by atoms with van der Waals surface area (Å²) >= 11 is 0. The Morgan fingerprint density at radius 3 is 2.85 bits per heavy atom. The van der Waals surface area contributed by atoms with Gasteiger partial charge in [-0.05, 0) is 48.2 Å². The van der Waals surface area contributed by atoms with E-state index in [0.29, 0.717) is 11.3 Å². The van der Waals surface area contributed by atoms with Gasteiger partial charge in [-0.2, -0.15) is 0 Å². The highest BCUT2D eigenvalue weighted by molar-refractivity contribution is 5.94. The van der Waals surface area contributed by atoms with E-state index in [-0.39, 0.29) is 6.04 Å². The molecule has 20 heavy (non-hydrogen) atoms. The Morgan fingerprint density at radius 2 is 2.05 bits per heavy atom. The molecule has 2 aromatic carbocycles. The van der Waals surface area contributed by atoms with Crippen LogP contribution in [0.15, 0.2) is 42.5 Å². The number of fused-ring (bicyclic) bond motifs is 1. The molecular formula is C16H16N2O2. The van der Waals surface area contributed by atoms with Crippen LogP contribution in [0.1, 0.15) is 33.9 Å². The minimum Gasteiger partial charge on any atom is -0.478 e. The van der Waals surface area contributed by atoms with Crippen LogP contribution in [0, 0.1) is 0 Å². The second-order valence-electron chi connectivity index (χ2n) is 5.04.